The number of nitrogens with zero attached hydrogens (tertiary/aromatic N) is 1. The van der Waals surface area contributed by atoms with Gasteiger partial charge in [0.05, 0.1) is 10.9 Å². The van der Waals surface area contributed by atoms with Gasteiger partial charge in [-0.15, -0.1) is 0 Å². The lowest BCUT2D eigenvalue weighted by Crippen LogP contribution is -2.35. The van der Waals surface area contributed by atoms with E-state index in [4.69, 9.17) is 0 Å². The van der Waals surface area contributed by atoms with Gasteiger partial charge < -0.3 is 5.32 Å². The number of amides is 1. The summed E-state index contributed by atoms with van der Waals surface area (Å²) in [6, 6.07) is 6.62. The molecule has 0 radical (unpaired) electrons. The Morgan fingerprint density at radius 1 is 1.22 bits per heavy atom. The minimum Gasteiger partial charge on any atom is -0.333 e. The first-order chi connectivity index (χ1) is 11.0. The predicted molar refractivity (Wildman–Crippen MR) is 93.8 cm³/mol. The van der Waals surface area contributed by atoms with Crippen LogP contribution in [-0.4, -0.2) is 22.4 Å². The highest BCUT2D eigenvalue weighted by atomic mass is 16.2. The van der Waals surface area contributed by atoms with Gasteiger partial charge >= 0.3 is 6.03 Å². The summed E-state index contributed by atoms with van der Waals surface area (Å²) in [5.41, 5.74) is 2.85. The number of carbonyl (C=O) groups is 1. The van der Waals surface area contributed by atoms with Crippen LogP contribution >= 0.6 is 0 Å². The van der Waals surface area contributed by atoms with Crippen molar-refractivity contribution >= 4 is 16.9 Å². The molecule has 1 aromatic heterocycles. The molecule has 5 nitrogen and oxygen atoms in total. The molecule has 0 aliphatic heterocycles. The summed E-state index contributed by atoms with van der Waals surface area (Å²) < 4.78 is 1.01. The first kappa shape index (κ1) is 16.8. The van der Waals surface area contributed by atoms with Crippen LogP contribution in [0.4, 0.5) is 4.79 Å². The van der Waals surface area contributed by atoms with E-state index in [-0.39, 0.29) is 5.56 Å². The molecule has 0 unspecified atom stereocenters. The highest BCUT2D eigenvalue weighted by Gasteiger charge is 2.11. The number of allylic oxidation sites excluding steroid dienone is 3. The summed E-state index contributed by atoms with van der Waals surface area (Å²) in [5, 5.41) is 6.05. The van der Waals surface area contributed by atoms with Gasteiger partial charge in [0.2, 0.25) is 0 Å². The van der Waals surface area contributed by atoms with E-state index in [0.29, 0.717) is 17.4 Å². The minimum absolute atomic E-state index is 0.331. The number of hydrogen-bond acceptors (Lipinski definition) is 2. The fraction of sp³-hybridized carbons (Fsp3) is 0.333. The zero-order chi connectivity index (χ0) is 16.8. The van der Waals surface area contributed by atoms with Gasteiger partial charge in [-0.05, 0) is 45.7 Å². The van der Waals surface area contributed by atoms with Gasteiger partial charge in [0.25, 0.3) is 5.56 Å². The van der Waals surface area contributed by atoms with Crippen molar-refractivity contribution in [1.82, 2.24) is 15.1 Å². The Bertz CT molecular complexity index is 805. The number of rotatable bonds is 5. The predicted octanol–water partition coefficient (Wildman–Crippen LogP) is 3.58. The lowest BCUT2D eigenvalue weighted by molar-refractivity contribution is 0.240. The zero-order valence-electron chi connectivity index (χ0n) is 13.8. The van der Waals surface area contributed by atoms with Crippen LogP contribution < -0.4 is 10.9 Å². The SMILES string of the molecule is CC(C)=CCCC(C)=CCNC(=O)n1[nH]c2ccccc2c1=O. The molecule has 2 N–H and O–H groups in total. The number of benzene rings is 1. The van der Waals surface area contributed by atoms with E-state index in [1.807, 2.05) is 19.1 Å². The number of hydrogen-bond donors (Lipinski definition) is 2. The lowest BCUT2D eigenvalue weighted by Gasteiger charge is -2.03. The van der Waals surface area contributed by atoms with E-state index >= 15 is 0 Å². The molecule has 1 heterocycles. The zero-order valence-corrected chi connectivity index (χ0v) is 13.8. The summed E-state index contributed by atoms with van der Waals surface area (Å²) in [6.45, 7) is 6.61. The quantitative estimate of drug-likeness (QED) is 0.829. The van der Waals surface area contributed by atoms with Gasteiger partial charge in [0.1, 0.15) is 0 Å². The highest BCUT2D eigenvalue weighted by Crippen LogP contribution is 2.06. The number of fused-ring (bicyclic) bond motifs is 1. The van der Waals surface area contributed by atoms with Crippen molar-refractivity contribution in [3.8, 4) is 0 Å². The molecule has 0 aliphatic carbocycles. The van der Waals surface area contributed by atoms with Crippen LogP contribution in [0.5, 0.6) is 0 Å². The molecule has 2 rings (SSSR count). The maximum absolute atomic E-state index is 12.1. The minimum atomic E-state index is -0.445. The molecule has 0 bridgehead atoms. The van der Waals surface area contributed by atoms with Crippen LogP contribution in [0.25, 0.3) is 10.9 Å². The van der Waals surface area contributed by atoms with Crippen LogP contribution in [0.1, 0.15) is 33.6 Å². The Morgan fingerprint density at radius 2 is 1.96 bits per heavy atom. The molecule has 0 fully saturated rings. The van der Waals surface area contributed by atoms with Crippen molar-refractivity contribution in [1.29, 1.82) is 0 Å². The van der Waals surface area contributed by atoms with Crippen LogP contribution in [0.15, 0.2) is 52.4 Å². The monoisotopic (exact) mass is 313 g/mol. The van der Waals surface area contributed by atoms with Gasteiger partial charge in [-0.1, -0.05) is 35.4 Å². The van der Waals surface area contributed by atoms with E-state index in [2.05, 4.69) is 30.3 Å². The average Bonchev–Trinajstić information content (AvgIpc) is 2.84. The molecular weight excluding hydrogens is 290 g/mol. The topological polar surface area (TPSA) is 66.9 Å². The third-order valence-electron chi connectivity index (χ3n) is 3.59. The lowest BCUT2D eigenvalue weighted by atomic mass is 10.1. The molecule has 2 aromatic rings. The van der Waals surface area contributed by atoms with Gasteiger partial charge in [-0.3, -0.25) is 9.89 Å². The Balaban J connectivity index is 1.95. The molecule has 0 atom stereocenters. The van der Waals surface area contributed by atoms with Gasteiger partial charge in [-0.25, -0.2) is 4.79 Å². The molecular formula is C18H23N3O2. The summed E-state index contributed by atoms with van der Waals surface area (Å²) >= 11 is 0. The van der Waals surface area contributed by atoms with E-state index in [1.54, 1.807) is 18.2 Å². The molecule has 0 saturated carbocycles. The van der Waals surface area contributed by atoms with Gasteiger partial charge in [-0.2, -0.15) is 4.68 Å². The fourth-order valence-electron chi connectivity index (χ4n) is 2.28. The number of carbonyl (C=O) groups excluding carboxylic acids is 1. The second-order valence-corrected chi connectivity index (χ2v) is 5.85. The Hall–Kier alpha value is -2.56. The van der Waals surface area contributed by atoms with Crippen molar-refractivity contribution in [2.75, 3.05) is 6.54 Å². The normalized spacial score (nSPS) is 11.5. The molecule has 0 saturated heterocycles. The summed E-state index contributed by atoms with van der Waals surface area (Å²) in [7, 11) is 0. The maximum atomic E-state index is 12.1. The van der Waals surface area contributed by atoms with Gasteiger partial charge in [0.15, 0.2) is 0 Å². The molecule has 0 spiro atoms. The van der Waals surface area contributed by atoms with E-state index < -0.39 is 6.03 Å². The largest absolute Gasteiger partial charge is 0.343 e. The maximum Gasteiger partial charge on any atom is 0.343 e. The smallest absolute Gasteiger partial charge is 0.333 e. The first-order valence-electron chi connectivity index (χ1n) is 7.76. The van der Waals surface area contributed by atoms with Crippen LogP contribution in [0, 0.1) is 0 Å². The average molecular weight is 313 g/mol. The second kappa shape index (κ2) is 7.63. The Labute approximate surface area is 135 Å². The summed E-state index contributed by atoms with van der Waals surface area (Å²) in [4.78, 5) is 24.2. The van der Waals surface area contributed by atoms with Crippen LogP contribution in [-0.2, 0) is 0 Å². The summed E-state index contributed by atoms with van der Waals surface area (Å²) in [5.74, 6) is 0. The highest BCUT2D eigenvalue weighted by molar-refractivity contribution is 5.84. The van der Waals surface area contributed by atoms with Gasteiger partial charge in [0, 0.05) is 6.54 Å². The van der Waals surface area contributed by atoms with E-state index in [9.17, 15) is 9.59 Å². The molecule has 0 aliphatic rings. The number of aromatic amines is 1. The first-order valence-corrected chi connectivity index (χ1v) is 7.76. The molecule has 1 aromatic carbocycles. The Kier molecular flexibility index (Phi) is 5.57. The number of H-pyrrole nitrogens is 1. The number of para-hydroxylation sites is 1. The molecule has 122 valence electrons. The Morgan fingerprint density at radius 3 is 2.65 bits per heavy atom. The van der Waals surface area contributed by atoms with Crippen molar-refractivity contribution in [3.05, 3.63) is 57.9 Å². The third-order valence-corrected chi connectivity index (χ3v) is 3.59. The molecule has 1 amide bonds. The number of nitrogens with one attached hydrogen (secondary N) is 2. The van der Waals surface area contributed by atoms with Crippen molar-refractivity contribution in [2.45, 2.75) is 33.6 Å². The third kappa shape index (κ3) is 4.45. The fourth-order valence-corrected chi connectivity index (χ4v) is 2.28. The standard InChI is InChI=1S/C18H23N3O2/c1-13(2)7-6-8-14(3)11-12-19-18(23)21-17(22)15-9-4-5-10-16(15)20-21/h4-5,7,9-11,20H,6,8,12H2,1-3H3,(H,19,23). The van der Waals surface area contributed by atoms with Crippen LogP contribution in [0.2, 0.25) is 0 Å². The van der Waals surface area contributed by atoms with E-state index in [1.165, 1.54) is 11.1 Å². The second-order valence-electron chi connectivity index (χ2n) is 5.85. The molecule has 5 heteroatoms. The summed E-state index contributed by atoms with van der Waals surface area (Å²) in [6.07, 6.45) is 6.14. The van der Waals surface area contributed by atoms with E-state index in [0.717, 1.165) is 17.5 Å². The number of aromatic nitrogens is 2. The molecule has 23 heavy (non-hydrogen) atoms. The van der Waals surface area contributed by atoms with Crippen molar-refractivity contribution < 1.29 is 4.79 Å². The van der Waals surface area contributed by atoms with Crippen LogP contribution in [0.3, 0.4) is 0 Å². The van der Waals surface area contributed by atoms with Crippen molar-refractivity contribution in [3.63, 3.8) is 0 Å². The van der Waals surface area contributed by atoms with Crippen molar-refractivity contribution in [2.24, 2.45) is 0 Å².